The van der Waals surface area contributed by atoms with Crippen LogP contribution in [0.25, 0.3) is 0 Å². The summed E-state index contributed by atoms with van der Waals surface area (Å²) in [6.45, 7) is 5.75. The molecule has 3 atom stereocenters. The maximum Gasteiger partial charge on any atom is 0.00171 e. The number of hydrogen-bond donors (Lipinski definition) is 1. The van der Waals surface area contributed by atoms with Gasteiger partial charge in [-0.2, -0.15) is 0 Å². The van der Waals surface area contributed by atoms with Gasteiger partial charge in [-0.25, -0.2) is 0 Å². The molecule has 2 rings (SSSR count). The first-order valence-corrected chi connectivity index (χ1v) is 7.82. The van der Waals surface area contributed by atoms with Crippen LogP contribution in [0.5, 0.6) is 0 Å². The number of nitrogens with one attached hydrogen (secondary N) is 1. The highest BCUT2D eigenvalue weighted by atomic mass is 32.1. The van der Waals surface area contributed by atoms with Gasteiger partial charge in [-0.1, -0.05) is 19.8 Å². The van der Waals surface area contributed by atoms with E-state index < -0.39 is 0 Å². The molecule has 0 spiro atoms. The van der Waals surface area contributed by atoms with Crippen molar-refractivity contribution >= 4 is 11.3 Å². The van der Waals surface area contributed by atoms with E-state index >= 15 is 0 Å². The van der Waals surface area contributed by atoms with Crippen molar-refractivity contribution in [1.29, 1.82) is 0 Å². The number of rotatable bonds is 4. The van der Waals surface area contributed by atoms with Crippen LogP contribution in [-0.4, -0.2) is 13.6 Å². The molecule has 1 aliphatic carbocycles. The summed E-state index contributed by atoms with van der Waals surface area (Å²) in [7, 11) is 2.09. The van der Waals surface area contributed by atoms with Crippen molar-refractivity contribution in [3.63, 3.8) is 0 Å². The Morgan fingerprint density at radius 2 is 2.24 bits per heavy atom. The average Bonchev–Trinajstić information content (AvgIpc) is 2.77. The van der Waals surface area contributed by atoms with Crippen LogP contribution >= 0.6 is 11.3 Å². The molecule has 96 valence electrons. The summed E-state index contributed by atoms with van der Waals surface area (Å²) in [5.74, 6) is 2.59. The van der Waals surface area contributed by atoms with Gasteiger partial charge in [0.1, 0.15) is 0 Å². The topological polar surface area (TPSA) is 12.0 Å². The molecular formula is C15H25NS. The Kier molecular flexibility index (Phi) is 4.63. The summed E-state index contributed by atoms with van der Waals surface area (Å²) in [5.41, 5.74) is 1.60. The first kappa shape index (κ1) is 13.1. The van der Waals surface area contributed by atoms with E-state index in [4.69, 9.17) is 0 Å². The van der Waals surface area contributed by atoms with Gasteiger partial charge < -0.3 is 5.32 Å². The lowest BCUT2D eigenvalue weighted by atomic mass is 9.71. The van der Waals surface area contributed by atoms with Crippen LogP contribution in [-0.2, 0) is 0 Å². The molecular weight excluding hydrogens is 226 g/mol. The molecule has 1 aromatic heterocycles. The van der Waals surface area contributed by atoms with Crippen molar-refractivity contribution in [3.8, 4) is 0 Å². The number of hydrogen-bond acceptors (Lipinski definition) is 2. The highest BCUT2D eigenvalue weighted by Crippen LogP contribution is 2.42. The lowest BCUT2D eigenvalue weighted by Gasteiger charge is -2.35. The molecule has 0 amide bonds. The Labute approximate surface area is 110 Å². The zero-order chi connectivity index (χ0) is 12.3. The van der Waals surface area contributed by atoms with E-state index in [9.17, 15) is 0 Å². The van der Waals surface area contributed by atoms with Gasteiger partial charge in [0.2, 0.25) is 0 Å². The fraction of sp³-hybridized carbons (Fsp3) is 0.733. The van der Waals surface area contributed by atoms with Gasteiger partial charge in [0.15, 0.2) is 0 Å². The van der Waals surface area contributed by atoms with E-state index in [0.717, 1.165) is 17.8 Å². The van der Waals surface area contributed by atoms with E-state index in [1.54, 1.807) is 5.56 Å². The van der Waals surface area contributed by atoms with E-state index in [2.05, 4.69) is 37.7 Å². The van der Waals surface area contributed by atoms with Crippen molar-refractivity contribution in [2.24, 2.45) is 11.8 Å². The van der Waals surface area contributed by atoms with Gasteiger partial charge >= 0.3 is 0 Å². The predicted octanol–water partition coefficient (Wildman–Crippen LogP) is 4.19. The molecule has 1 aliphatic rings. The molecule has 1 fully saturated rings. The zero-order valence-corrected chi connectivity index (χ0v) is 12.1. The molecule has 17 heavy (non-hydrogen) atoms. The Bertz CT molecular complexity index is 344. The minimum atomic E-state index is 0.797. The maximum atomic E-state index is 3.38. The Balaban J connectivity index is 2.12. The van der Waals surface area contributed by atoms with Crippen LogP contribution in [0.1, 0.15) is 49.0 Å². The molecule has 0 aliphatic heterocycles. The molecule has 3 unspecified atom stereocenters. The van der Waals surface area contributed by atoms with Crippen LogP contribution < -0.4 is 5.32 Å². The molecule has 1 N–H and O–H groups in total. The van der Waals surface area contributed by atoms with Crippen molar-refractivity contribution < 1.29 is 0 Å². The quantitative estimate of drug-likeness (QED) is 0.846. The summed E-state index contributed by atoms with van der Waals surface area (Å²) in [4.78, 5) is 1.46. The van der Waals surface area contributed by atoms with Gasteiger partial charge in [-0.3, -0.25) is 0 Å². The van der Waals surface area contributed by atoms with Gasteiger partial charge in [0.05, 0.1) is 0 Å². The molecule has 1 nitrogen and oxygen atoms in total. The van der Waals surface area contributed by atoms with Crippen molar-refractivity contribution in [2.45, 2.75) is 45.4 Å². The molecule has 0 bridgehead atoms. The molecule has 0 radical (unpaired) electrons. The van der Waals surface area contributed by atoms with Crippen LogP contribution in [0.15, 0.2) is 11.4 Å². The maximum absolute atomic E-state index is 3.38. The minimum absolute atomic E-state index is 0.797. The second kappa shape index (κ2) is 6.01. The second-order valence-electron chi connectivity index (χ2n) is 5.50. The summed E-state index contributed by atoms with van der Waals surface area (Å²) in [5, 5.41) is 5.77. The van der Waals surface area contributed by atoms with Crippen LogP contribution in [0.3, 0.4) is 0 Å². The summed E-state index contributed by atoms with van der Waals surface area (Å²) >= 11 is 1.91. The summed E-state index contributed by atoms with van der Waals surface area (Å²) in [6.07, 6.45) is 5.59. The SMILES string of the molecule is CCC1CCC(CNC)C(c2csc(C)c2)C1. The van der Waals surface area contributed by atoms with E-state index in [0.29, 0.717) is 0 Å². The Hall–Kier alpha value is -0.340. The van der Waals surface area contributed by atoms with Crippen molar-refractivity contribution in [1.82, 2.24) is 5.32 Å². The first-order valence-electron chi connectivity index (χ1n) is 6.94. The summed E-state index contributed by atoms with van der Waals surface area (Å²) in [6, 6.07) is 2.41. The van der Waals surface area contributed by atoms with Crippen LogP contribution in [0.2, 0.25) is 0 Å². The van der Waals surface area contributed by atoms with Gasteiger partial charge in [0.25, 0.3) is 0 Å². The monoisotopic (exact) mass is 251 g/mol. The lowest BCUT2D eigenvalue weighted by Crippen LogP contribution is -2.30. The lowest BCUT2D eigenvalue weighted by molar-refractivity contribution is 0.229. The highest BCUT2D eigenvalue weighted by molar-refractivity contribution is 7.10. The first-order chi connectivity index (χ1) is 8.24. The average molecular weight is 251 g/mol. The van der Waals surface area contributed by atoms with Crippen molar-refractivity contribution in [2.75, 3.05) is 13.6 Å². The highest BCUT2D eigenvalue weighted by Gasteiger charge is 2.30. The third-order valence-corrected chi connectivity index (χ3v) is 5.20. The fourth-order valence-corrected chi connectivity index (χ4v) is 4.03. The number of aryl methyl sites for hydroxylation is 1. The Morgan fingerprint density at radius 3 is 2.82 bits per heavy atom. The molecule has 0 aromatic carbocycles. The largest absolute Gasteiger partial charge is 0.319 e. The molecule has 1 saturated carbocycles. The standard InChI is InChI=1S/C15H25NS/c1-4-12-5-6-13(9-16-3)15(8-12)14-7-11(2)17-10-14/h7,10,12-13,15-16H,4-6,8-9H2,1-3H3. The summed E-state index contributed by atoms with van der Waals surface area (Å²) < 4.78 is 0. The Morgan fingerprint density at radius 1 is 1.41 bits per heavy atom. The van der Waals surface area contributed by atoms with Gasteiger partial charge in [-0.05, 0) is 68.1 Å². The predicted molar refractivity (Wildman–Crippen MR) is 76.8 cm³/mol. The third-order valence-electron chi connectivity index (χ3n) is 4.32. The van der Waals surface area contributed by atoms with Crippen LogP contribution in [0.4, 0.5) is 0 Å². The normalized spacial score (nSPS) is 29.5. The molecule has 0 saturated heterocycles. The third kappa shape index (κ3) is 3.11. The zero-order valence-electron chi connectivity index (χ0n) is 11.3. The van der Waals surface area contributed by atoms with Gasteiger partial charge in [0, 0.05) is 4.88 Å². The molecule has 1 heterocycles. The smallest absolute Gasteiger partial charge is 0.00171 e. The van der Waals surface area contributed by atoms with E-state index in [1.807, 2.05) is 11.3 Å². The van der Waals surface area contributed by atoms with E-state index in [-0.39, 0.29) is 0 Å². The van der Waals surface area contributed by atoms with Crippen molar-refractivity contribution in [3.05, 3.63) is 21.9 Å². The van der Waals surface area contributed by atoms with E-state index in [1.165, 1.54) is 37.1 Å². The molecule has 2 heteroatoms. The van der Waals surface area contributed by atoms with Crippen LogP contribution in [0, 0.1) is 18.8 Å². The minimum Gasteiger partial charge on any atom is -0.319 e. The fourth-order valence-electron chi connectivity index (χ4n) is 3.26. The molecule has 1 aromatic rings. The number of thiophene rings is 1. The second-order valence-corrected chi connectivity index (χ2v) is 6.62. The van der Waals surface area contributed by atoms with Gasteiger partial charge in [-0.15, -0.1) is 11.3 Å².